The van der Waals surface area contributed by atoms with Crippen LogP contribution in [0.1, 0.15) is 45.2 Å². The molecule has 0 radical (unpaired) electrons. The largest absolute Gasteiger partial charge is 0.497 e. The van der Waals surface area contributed by atoms with Gasteiger partial charge in [-0.15, -0.1) is 0 Å². The van der Waals surface area contributed by atoms with E-state index >= 15 is 0 Å². The van der Waals surface area contributed by atoms with Gasteiger partial charge in [0.05, 0.1) is 13.2 Å². The quantitative estimate of drug-likeness (QED) is 0.758. The zero-order valence-electron chi connectivity index (χ0n) is 17.0. The summed E-state index contributed by atoms with van der Waals surface area (Å²) in [6, 6.07) is 8.16. The molecule has 0 spiro atoms. The van der Waals surface area contributed by atoms with Crippen LogP contribution in [-0.2, 0) is 9.59 Å². The smallest absolute Gasteiger partial charge is 0.223 e. The van der Waals surface area contributed by atoms with Crippen LogP contribution in [0.2, 0.25) is 0 Å². The van der Waals surface area contributed by atoms with Crippen molar-refractivity contribution in [3.8, 4) is 5.75 Å². The second-order valence-electron chi connectivity index (χ2n) is 7.04. The Labute approximate surface area is 162 Å². The van der Waals surface area contributed by atoms with Crippen molar-refractivity contribution in [1.29, 1.82) is 0 Å². The summed E-state index contributed by atoms with van der Waals surface area (Å²) in [5, 5.41) is 3.16. The molecule has 1 aromatic carbocycles. The molecule has 1 heterocycles. The molecule has 0 bridgehead atoms. The van der Waals surface area contributed by atoms with Gasteiger partial charge in [0.1, 0.15) is 5.75 Å². The van der Waals surface area contributed by atoms with Gasteiger partial charge in [0.15, 0.2) is 0 Å². The first-order chi connectivity index (χ1) is 13.0. The van der Waals surface area contributed by atoms with Crippen LogP contribution in [0.4, 0.5) is 0 Å². The predicted molar refractivity (Wildman–Crippen MR) is 107 cm³/mol. The second kappa shape index (κ2) is 10.3. The number of piperidine rings is 1. The molecule has 0 saturated carbocycles. The van der Waals surface area contributed by atoms with Crippen LogP contribution < -0.4 is 10.1 Å². The normalized spacial score (nSPS) is 16.3. The lowest BCUT2D eigenvalue weighted by Crippen LogP contribution is -2.44. The van der Waals surface area contributed by atoms with E-state index in [4.69, 9.17) is 4.74 Å². The number of amides is 2. The van der Waals surface area contributed by atoms with E-state index in [9.17, 15) is 9.59 Å². The number of likely N-dealkylation sites (tertiary alicyclic amines) is 1. The molecule has 1 fully saturated rings. The number of ether oxygens (including phenoxy) is 1. The molecule has 6 nitrogen and oxygen atoms in total. The molecule has 0 aliphatic carbocycles. The Morgan fingerprint density at radius 3 is 2.48 bits per heavy atom. The van der Waals surface area contributed by atoms with Crippen LogP contribution in [-0.4, -0.2) is 61.4 Å². The number of carbonyl (C=O) groups excluding carboxylic acids is 2. The van der Waals surface area contributed by atoms with Crippen molar-refractivity contribution in [2.45, 2.75) is 39.7 Å². The van der Waals surface area contributed by atoms with Crippen molar-refractivity contribution in [1.82, 2.24) is 15.1 Å². The summed E-state index contributed by atoms with van der Waals surface area (Å²) in [4.78, 5) is 28.3. The SMILES string of the molecule is CCN(CC)C(CNC(=O)C1CCN(C(C)=O)CC1)c1cccc(OC)c1. The number of hydrogen-bond donors (Lipinski definition) is 1. The maximum Gasteiger partial charge on any atom is 0.223 e. The maximum atomic E-state index is 12.7. The maximum absolute atomic E-state index is 12.7. The zero-order chi connectivity index (χ0) is 19.8. The van der Waals surface area contributed by atoms with Crippen LogP contribution >= 0.6 is 0 Å². The first kappa shape index (κ1) is 21.2. The molecule has 1 aliphatic rings. The summed E-state index contributed by atoms with van der Waals surface area (Å²) in [7, 11) is 1.67. The highest BCUT2D eigenvalue weighted by Gasteiger charge is 2.27. The van der Waals surface area contributed by atoms with E-state index in [0.29, 0.717) is 19.6 Å². The number of carbonyl (C=O) groups is 2. The Morgan fingerprint density at radius 2 is 1.93 bits per heavy atom. The van der Waals surface area contributed by atoms with Crippen molar-refractivity contribution in [3.63, 3.8) is 0 Å². The summed E-state index contributed by atoms with van der Waals surface area (Å²) in [6.07, 6.45) is 1.47. The third-order valence-electron chi connectivity index (χ3n) is 5.51. The molecule has 6 heteroatoms. The summed E-state index contributed by atoms with van der Waals surface area (Å²) < 4.78 is 5.36. The van der Waals surface area contributed by atoms with Crippen molar-refractivity contribution >= 4 is 11.8 Å². The molecule has 1 aliphatic heterocycles. The summed E-state index contributed by atoms with van der Waals surface area (Å²) >= 11 is 0. The number of benzene rings is 1. The fourth-order valence-electron chi connectivity index (χ4n) is 3.77. The van der Waals surface area contributed by atoms with Crippen LogP contribution in [0.15, 0.2) is 24.3 Å². The lowest BCUT2D eigenvalue weighted by atomic mass is 9.95. The van der Waals surface area contributed by atoms with Crippen molar-refractivity contribution in [2.24, 2.45) is 5.92 Å². The van der Waals surface area contributed by atoms with E-state index < -0.39 is 0 Å². The van der Waals surface area contributed by atoms with Gasteiger partial charge in [0.25, 0.3) is 0 Å². The minimum absolute atomic E-state index is 0.0109. The number of nitrogens with zero attached hydrogens (tertiary/aromatic N) is 2. The first-order valence-corrected chi connectivity index (χ1v) is 9.91. The fraction of sp³-hybridized carbons (Fsp3) is 0.619. The molecule has 1 N–H and O–H groups in total. The van der Waals surface area contributed by atoms with E-state index in [2.05, 4.69) is 30.1 Å². The number of hydrogen-bond acceptors (Lipinski definition) is 4. The van der Waals surface area contributed by atoms with Gasteiger partial charge < -0.3 is 15.0 Å². The molecule has 0 aromatic heterocycles. The molecule has 2 amide bonds. The molecule has 1 aromatic rings. The Kier molecular flexibility index (Phi) is 8.10. The Bertz CT molecular complexity index is 623. The molecule has 1 atom stereocenters. The second-order valence-corrected chi connectivity index (χ2v) is 7.04. The molecule has 1 saturated heterocycles. The van der Waals surface area contributed by atoms with Crippen LogP contribution in [0.5, 0.6) is 5.75 Å². The fourth-order valence-corrected chi connectivity index (χ4v) is 3.77. The molecule has 27 heavy (non-hydrogen) atoms. The Balaban J connectivity index is 2.01. The Hall–Kier alpha value is -2.08. The monoisotopic (exact) mass is 375 g/mol. The molecule has 1 unspecified atom stereocenters. The number of nitrogens with one attached hydrogen (secondary N) is 1. The van der Waals surface area contributed by atoms with Crippen LogP contribution in [0, 0.1) is 5.92 Å². The average Bonchev–Trinajstić information content (AvgIpc) is 2.71. The van der Waals surface area contributed by atoms with E-state index in [1.807, 2.05) is 23.1 Å². The van der Waals surface area contributed by atoms with E-state index in [0.717, 1.165) is 37.2 Å². The van der Waals surface area contributed by atoms with Crippen molar-refractivity contribution in [2.75, 3.05) is 39.8 Å². The van der Waals surface area contributed by atoms with Gasteiger partial charge in [0, 0.05) is 32.5 Å². The minimum Gasteiger partial charge on any atom is -0.497 e. The van der Waals surface area contributed by atoms with Crippen LogP contribution in [0.3, 0.4) is 0 Å². The lowest BCUT2D eigenvalue weighted by molar-refractivity contribution is -0.134. The van der Waals surface area contributed by atoms with Gasteiger partial charge >= 0.3 is 0 Å². The highest BCUT2D eigenvalue weighted by Crippen LogP contribution is 2.24. The molecule has 150 valence electrons. The summed E-state index contributed by atoms with van der Waals surface area (Å²) in [5.74, 6) is 1.00. The third kappa shape index (κ3) is 5.70. The predicted octanol–water partition coefficient (Wildman–Crippen LogP) is 2.45. The van der Waals surface area contributed by atoms with Crippen molar-refractivity contribution in [3.05, 3.63) is 29.8 Å². The van der Waals surface area contributed by atoms with Crippen LogP contribution in [0.25, 0.3) is 0 Å². The molecule has 2 rings (SSSR count). The van der Waals surface area contributed by atoms with E-state index in [1.165, 1.54) is 0 Å². The van der Waals surface area contributed by atoms with E-state index in [-0.39, 0.29) is 23.8 Å². The van der Waals surface area contributed by atoms with Gasteiger partial charge in [-0.2, -0.15) is 0 Å². The third-order valence-corrected chi connectivity index (χ3v) is 5.51. The van der Waals surface area contributed by atoms with Gasteiger partial charge in [-0.1, -0.05) is 26.0 Å². The number of methoxy groups -OCH3 is 1. The Morgan fingerprint density at radius 1 is 1.26 bits per heavy atom. The topological polar surface area (TPSA) is 61.9 Å². The number of rotatable bonds is 8. The summed E-state index contributed by atoms with van der Waals surface area (Å²) in [5.41, 5.74) is 1.14. The van der Waals surface area contributed by atoms with Gasteiger partial charge in [-0.25, -0.2) is 0 Å². The highest BCUT2D eigenvalue weighted by atomic mass is 16.5. The standard InChI is InChI=1S/C21H33N3O3/c1-5-23(6-2)20(18-8-7-9-19(14-18)27-4)15-22-21(26)17-10-12-24(13-11-17)16(3)25/h7-9,14,17,20H,5-6,10-13,15H2,1-4H3,(H,22,26). The lowest BCUT2D eigenvalue weighted by Gasteiger charge is -2.33. The average molecular weight is 376 g/mol. The van der Waals surface area contributed by atoms with Gasteiger partial charge in [-0.3, -0.25) is 14.5 Å². The minimum atomic E-state index is -0.0109. The molecular formula is C21H33N3O3. The van der Waals surface area contributed by atoms with Crippen molar-refractivity contribution < 1.29 is 14.3 Å². The first-order valence-electron chi connectivity index (χ1n) is 9.91. The molecular weight excluding hydrogens is 342 g/mol. The highest BCUT2D eigenvalue weighted by molar-refractivity contribution is 5.79. The van der Waals surface area contributed by atoms with E-state index in [1.54, 1.807) is 14.0 Å². The zero-order valence-corrected chi connectivity index (χ0v) is 17.0. The summed E-state index contributed by atoms with van der Waals surface area (Å²) in [6.45, 7) is 9.58. The van der Waals surface area contributed by atoms with Gasteiger partial charge in [0.2, 0.25) is 11.8 Å². The number of likely N-dealkylation sites (N-methyl/N-ethyl adjacent to an activating group) is 1. The van der Waals surface area contributed by atoms with Gasteiger partial charge in [-0.05, 0) is 43.6 Å².